The lowest BCUT2D eigenvalue weighted by Crippen LogP contribution is -2.30. The highest BCUT2D eigenvalue weighted by Crippen LogP contribution is 2.26. The van der Waals surface area contributed by atoms with Gasteiger partial charge in [-0.25, -0.2) is 0 Å². The maximum atomic E-state index is 12.7. The fourth-order valence-corrected chi connectivity index (χ4v) is 2.76. The van der Waals surface area contributed by atoms with Gasteiger partial charge in [-0.2, -0.15) is 5.10 Å². The van der Waals surface area contributed by atoms with Crippen LogP contribution in [0.1, 0.15) is 29.8 Å². The Kier molecular flexibility index (Phi) is 5.37. The van der Waals surface area contributed by atoms with Crippen molar-refractivity contribution in [2.24, 2.45) is 0 Å². The fourth-order valence-electron chi connectivity index (χ4n) is 2.76. The van der Waals surface area contributed by atoms with Gasteiger partial charge in [0.1, 0.15) is 11.4 Å². The summed E-state index contributed by atoms with van der Waals surface area (Å²) in [6.07, 6.45) is 1.81. The normalized spacial score (nSPS) is 10.8. The summed E-state index contributed by atoms with van der Waals surface area (Å²) >= 11 is 0. The lowest BCUT2D eigenvalue weighted by atomic mass is 10.1. The second-order valence-corrected chi connectivity index (χ2v) is 6.43. The van der Waals surface area contributed by atoms with Crippen LogP contribution in [0.3, 0.4) is 0 Å². The van der Waals surface area contributed by atoms with E-state index in [-0.39, 0.29) is 11.9 Å². The van der Waals surface area contributed by atoms with E-state index in [0.29, 0.717) is 17.8 Å². The lowest BCUT2D eigenvalue weighted by molar-refractivity contribution is 0.0943. The van der Waals surface area contributed by atoms with Gasteiger partial charge in [0.05, 0.1) is 19.2 Å². The standard InChI is InChI=1S/C21H23N3O2/c1-15(2)22-21(25)19-14-24(13-16-8-5-4-6-9-16)23-20(19)17-10-7-11-18(12-17)26-3/h4-12,14-15H,13H2,1-3H3,(H,22,25). The van der Waals surface area contributed by atoms with Crippen molar-refractivity contribution in [2.45, 2.75) is 26.4 Å². The number of methoxy groups -OCH3 is 1. The first kappa shape index (κ1) is 17.7. The minimum atomic E-state index is -0.128. The van der Waals surface area contributed by atoms with E-state index in [1.807, 2.05) is 68.4 Å². The number of carbonyl (C=O) groups is 1. The second kappa shape index (κ2) is 7.87. The number of nitrogens with one attached hydrogen (secondary N) is 1. The van der Waals surface area contributed by atoms with Gasteiger partial charge in [-0.1, -0.05) is 42.5 Å². The van der Waals surface area contributed by atoms with Crippen LogP contribution in [0.2, 0.25) is 0 Å². The molecule has 0 atom stereocenters. The van der Waals surface area contributed by atoms with Crippen LogP contribution in [-0.2, 0) is 6.54 Å². The minimum Gasteiger partial charge on any atom is -0.497 e. The van der Waals surface area contributed by atoms with E-state index in [1.165, 1.54) is 0 Å². The minimum absolute atomic E-state index is 0.0538. The number of carbonyl (C=O) groups excluding carboxylic acids is 1. The van der Waals surface area contributed by atoms with Crippen LogP contribution in [0.5, 0.6) is 5.75 Å². The molecule has 3 aromatic rings. The Hall–Kier alpha value is -3.08. The number of aromatic nitrogens is 2. The molecule has 5 nitrogen and oxygen atoms in total. The van der Waals surface area contributed by atoms with E-state index in [4.69, 9.17) is 4.74 Å². The third kappa shape index (κ3) is 4.11. The van der Waals surface area contributed by atoms with Crippen molar-refractivity contribution in [3.05, 3.63) is 71.9 Å². The zero-order chi connectivity index (χ0) is 18.5. The highest BCUT2D eigenvalue weighted by molar-refractivity contribution is 6.00. The number of amides is 1. The summed E-state index contributed by atoms with van der Waals surface area (Å²) in [5.41, 5.74) is 3.19. The number of hydrogen-bond donors (Lipinski definition) is 1. The van der Waals surface area contributed by atoms with Crippen LogP contribution in [-0.4, -0.2) is 28.8 Å². The molecule has 0 fully saturated rings. The fraction of sp³-hybridized carbons (Fsp3) is 0.238. The van der Waals surface area contributed by atoms with Crippen molar-refractivity contribution in [1.29, 1.82) is 0 Å². The van der Waals surface area contributed by atoms with E-state index in [1.54, 1.807) is 18.0 Å². The Bertz CT molecular complexity index is 885. The summed E-state index contributed by atoms with van der Waals surface area (Å²) < 4.78 is 7.11. The van der Waals surface area contributed by atoms with Gasteiger partial charge < -0.3 is 10.1 Å². The number of rotatable bonds is 6. The Morgan fingerprint density at radius 3 is 2.62 bits per heavy atom. The summed E-state index contributed by atoms with van der Waals surface area (Å²) in [5, 5.41) is 7.63. The number of hydrogen-bond acceptors (Lipinski definition) is 3. The van der Waals surface area contributed by atoms with Crippen molar-refractivity contribution >= 4 is 5.91 Å². The molecule has 0 saturated heterocycles. The molecule has 0 saturated carbocycles. The SMILES string of the molecule is COc1cccc(-c2nn(Cc3ccccc3)cc2C(=O)NC(C)C)c1. The van der Waals surface area contributed by atoms with E-state index in [0.717, 1.165) is 16.9 Å². The molecule has 5 heteroatoms. The van der Waals surface area contributed by atoms with Crippen LogP contribution in [0.25, 0.3) is 11.3 Å². The van der Waals surface area contributed by atoms with Crippen LogP contribution in [0.4, 0.5) is 0 Å². The maximum Gasteiger partial charge on any atom is 0.255 e. The van der Waals surface area contributed by atoms with Crippen molar-refractivity contribution in [3.8, 4) is 17.0 Å². The maximum absolute atomic E-state index is 12.7. The van der Waals surface area contributed by atoms with Gasteiger partial charge in [0.2, 0.25) is 0 Å². The van der Waals surface area contributed by atoms with Gasteiger partial charge in [-0.05, 0) is 31.5 Å². The average molecular weight is 349 g/mol. The summed E-state index contributed by atoms with van der Waals surface area (Å²) in [7, 11) is 1.62. The molecule has 0 unspecified atom stereocenters. The summed E-state index contributed by atoms with van der Waals surface area (Å²) in [5.74, 6) is 0.604. The van der Waals surface area contributed by atoms with Crippen molar-refractivity contribution in [2.75, 3.05) is 7.11 Å². The van der Waals surface area contributed by atoms with Crippen molar-refractivity contribution < 1.29 is 9.53 Å². The van der Waals surface area contributed by atoms with Gasteiger partial charge in [-0.3, -0.25) is 9.48 Å². The highest BCUT2D eigenvalue weighted by Gasteiger charge is 2.19. The number of nitrogens with zero attached hydrogens (tertiary/aromatic N) is 2. The van der Waals surface area contributed by atoms with Crippen LogP contribution in [0, 0.1) is 0 Å². The molecule has 0 aliphatic heterocycles. The molecule has 1 aromatic heterocycles. The molecule has 0 aliphatic carbocycles. The summed E-state index contributed by atoms with van der Waals surface area (Å²) in [4.78, 5) is 12.7. The quantitative estimate of drug-likeness (QED) is 0.737. The first-order valence-corrected chi connectivity index (χ1v) is 8.63. The van der Waals surface area contributed by atoms with Gasteiger partial charge >= 0.3 is 0 Å². The van der Waals surface area contributed by atoms with Crippen LogP contribution >= 0.6 is 0 Å². The Balaban J connectivity index is 2.01. The number of ether oxygens (including phenoxy) is 1. The summed E-state index contributed by atoms with van der Waals surface area (Å²) in [6, 6.07) is 17.7. The van der Waals surface area contributed by atoms with E-state index in [2.05, 4.69) is 10.4 Å². The first-order valence-electron chi connectivity index (χ1n) is 8.63. The first-order chi connectivity index (χ1) is 12.6. The molecule has 134 valence electrons. The van der Waals surface area contributed by atoms with E-state index >= 15 is 0 Å². The Labute approximate surface area is 153 Å². The molecule has 1 amide bonds. The summed E-state index contributed by atoms with van der Waals surface area (Å²) in [6.45, 7) is 4.49. The van der Waals surface area contributed by atoms with Crippen LogP contribution in [0.15, 0.2) is 60.8 Å². The molecular formula is C21H23N3O2. The highest BCUT2D eigenvalue weighted by atomic mass is 16.5. The van der Waals surface area contributed by atoms with Gasteiger partial charge in [0.15, 0.2) is 0 Å². The monoisotopic (exact) mass is 349 g/mol. The molecule has 26 heavy (non-hydrogen) atoms. The van der Waals surface area contributed by atoms with E-state index in [9.17, 15) is 4.79 Å². The number of benzene rings is 2. The smallest absolute Gasteiger partial charge is 0.255 e. The molecule has 1 heterocycles. The predicted octanol–water partition coefficient (Wildman–Crippen LogP) is 3.75. The van der Waals surface area contributed by atoms with Gasteiger partial charge in [0, 0.05) is 17.8 Å². The molecule has 0 radical (unpaired) electrons. The van der Waals surface area contributed by atoms with Gasteiger partial charge in [-0.15, -0.1) is 0 Å². The predicted molar refractivity (Wildman–Crippen MR) is 102 cm³/mol. The van der Waals surface area contributed by atoms with E-state index < -0.39 is 0 Å². The van der Waals surface area contributed by atoms with Crippen molar-refractivity contribution in [1.82, 2.24) is 15.1 Å². The van der Waals surface area contributed by atoms with Gasteiger partial charge in [0.25, 0.3) is 5.91 Å². The molecule has 0 aliphatic rings. The molecular weight excluding hydrogens is 326 g/mol. The van der Waals surface area contributed by atoms with Crippen molar-refractivity contribution in [3.63, 3.8) is 0 Å². The topological polar surface area (TPSA) is 56.2 Å². The largest absolute Gasteiger partial charge is 0.497 e. The third-order valence-electron chi connectivity index (χ3n) is 3.96. The van der Waals surface area contributed by atoms with Crippen LogP contribution < -0.4 is 10.1 Å². The Morgan fingerprint density at radius 2 is 1.92 bits per heavy atom. The molecule has 0 bridgehead atoms. The zero-order valence-corrected chi connectivity index (χ0v) is 15.3. The zero-order valence-electron chi connectivity index (χ0n) is 15.3. The molecule has 1 N–H and O–H groups in total. The Morgan fingerprint density at radius 1 is 1.15 bits per heavy atom. The second-order valence-electron chi connectivity index (χ2n) is 6.43. The average Bonchev–Trinajstić information content (AvgIpc) is 3.06. The molecule has 0 spiro atoms. The lowest BCUT2D eigenvalue weighted by Gasteiger charge is -2.08. The molecule has 2 aromatic carbocycles. The molecule has 3 rings (SSSR count). The third-order valence-corrected chi connectivity index (χ3v) is 3.96.